The molecule has 0 aliphatic rings. The smallest absolute Gasteiger partial charge is 0.302 e. The number of nitrogens with one attached hydrogen (secondary N) is 4. The molecule has 0 unspecified atom stereocenters. The second-order valence-electron chi connectivity index (χ2n) is 8.43. The van der Waals surface area contributed by atoms with Crippen LogP contribution in [0.2, 0.25) is 0 Å². The van der Waals surface area contributed by atoms with Crippen molar-refractivity contribution >= 4 is 46.9 Å². The fourth-order valence-electron chi connectivity index (χ4n) is 2.95. The Labute approximate surface area is 210 Å². The molecule has 4 amide bonds. The number of halogens is 1. The Kier molecular flexibility index (Phi) is 13.4. The van der Waals surface area contributed by atoms with Crippen LogP contribution in [0.5, 0.6) is 0 Å². The van der Waals surface area contributed by atoms with Crippen molar-refractivity contribution in [3.63, 3.8) is 0 Å². The van der Waals surface area contributed by atoms with Crippen LogP contribution in [0.4, 0.5) is 5.69 Å². The van der Waals surface area contributed by atoms with Gasteiger partial charge < -0.3 is 26.0 Å². The normalized spacial score (nSPS) is 12.3. The van der Waals surface area contributed by atoms with Gasteiger partial charge in [0.1, 0.15) is 24.6 Å². The molecule has 0 saturated heterocycles. The molecular weight excluding hydrogens is 476 g/mol. The van der Waals surface area contributed by atoms with Crippen LogP contribution in [0, 0.1) is 5.92 Å². The van der Waals surface area contributed by atoms with E-state index in [0.29, 0.717) is 25.1 Å². The van der Waals surface area contributed by atoms with Gasteiger partial charge in [-0.15, -0.1) is 11.6 Å². The van der Waals surface area contributed by atoms with Crippen LogP contribution < -0.4 is 21.3 Å². The zero-order valence-corrected chi connectivity index (χ0v) is 21.4. The first-order chi connectivity index (χ1) is 16.5. The summed E-state index contributed by atoms with van der Waals surface area (Å²) in [6, 6.07) is 5.14. The molecule has 0 aliphatic heterocycles. The minimum atomic E-state index is -0.841. The van der Waals surface area contributed by atoms with E-state index in [1.807, 2.05) is 0 Å². The summed E-state index contributed by atoms with van der Waals surface area (Å²) in [5, 5.41) is 10.7. The molecule has 1 rings (SSSR count). The number of unbranched alkanes of at least 4 members (excludes halogenated alkanes) is 1. The average Bonchev–Trinajstić information content (AvgIpc) is 2.81. The fraction of sp³-hybridized carbons (Fsp3) is 0.542. The number of ether oxygens (including phenoxy) is 1. The molecule has 4 N–H and O–H groups in total. The molecule has 10 nitrogen and oxygen atoms in total. The number of carbonyl (C=O) groups is 5. The van der Waals surface area contributed by atoms with Gasteiger partial charge >= 0.3 is 5.97 Å². The second kappa shape index (κ2) is 15.7. The predicted molar refractivity (Wildman–Crippen MR) is 132 cm³/mol. The van der Waals surface area contributed by atoms with Crippen LogP contribution in [0.15, 0.2) is 24.3 Å². The van der Waals surface area contributed by atoms with Gasteiger partial charge in [-0.05, 0) is 43.4 Å². The molecule has 2 atom stereocenters. The summed E-state index contributed by atoms with van der Waals surface area (Å²) < 4.78 is 4.92. The Bertz CT molecular complexity index is 875. The van der Waals surface area contributed by atoms with Gasteiger partial charge in [0.15, 0.2) is 0 Å². The van der Waals surface area contributed by atoms with E-state index in [2.05, 4.69) is 21.3 Å². The molecule has 1 aromatic rings. The summed E-state index contributed by atoms with van der Waals surface area (Å²) in [5.41, 5.74) is 1.30. The monoisotopic (exact) mass is 510 g/mol. The Morgan fingerprint density at radius 3 is 2.14 bits per heavy atom. The highest BCUT2D eigenvalue weighted by Crippen LogP contribution is 2.11. The van der Waals surface area contributed by atoms with Gasteiger partial charge in [-0.2, -0.15) is 0 Å². The number of esters is 1. The van der Waals surface area contributed by atoms with Gasteiger partial charge in [-0.3, -0.25) is 24.0 Å². The molecule has 0 aliphatic carbocycles. The number of hydrogen-bond acceptors (Lipinski definition) is 6. The lowest BCUT2D eigenvalue weighted by Crippen LogP contribution is -2.53. The fourth-order valence-corrected chi connectivity index (χ4v) is 3.05. The molecule has 0 aromatic heterocycles. The molecule has 194 valence electrons. The number of benzene rings is 1. The van der Waals surface area contributed by atoms with Crippen molar-refractivity contribution in [2.24, 2.45) is 5.92 Å². The second-order valence-corrected chi connectivity index (χ2v) is 8.69. The van der Waals surface area contributed by atoms with E-state index < -0.39 is 23.9 Å². The predicted octanol–water partition coefficient (Wildman–Crippen LogP) is 1.86. The van der Waals surface area contributed by atoms with Gasteiger partial charge in [0.2, 0.25) is 23.6 Å². The minimum Gasteiger partial charge on any atom is -0.461 e. The Morgan fingerprint density at radius 1 is 0.914 bits per heavy atom. The summed E-state index contributed by atoms with van der Waals surface area (Å²) in [7, 11) is 0. The molecule has 0 radical (unpaired) electrons. The molecule has 0 fully saturated rings. The number of hydrogen-bond donors (Lipinski definition) is 4. The van der Waals surface area contributed by atoms with Crippen LogP contribution in [0.3, 0.4) is 0 Å². The zero-order chi connectivity index (χ0) is 26.4. The third-order valence-corrected chi connectivity index (χ3v) is 5.20. The molecule has 11 heteroatoms. The Balaban J connectivity index is 2.51. The van der Waals surface area contributed by atoms with E-state index in [0.717, 1.165) is 5.56 Å². The lowest BCUT2D eigenvalue weighted by molar-refractivity contribution is -0.142. The van der Waals surface area contributed by atoms with Crippen LogP contribution in [-0.4, -0.2) is 54.1 Å². The van der Waals surface area contributed by atoms with E-state index in [1.54, 1.807) is 45.0 Å². The summed E-state index contributed by atoms with van der Waals surface area (Å²) >= 11 is 5.40. The zero-order valence-electron chi connectivity index (χ0n) is 20.6. The maximum atomic E-state index is 12.7. The first-order valence-electron chi connectivity index (χ1n) is 11.5. The van der Waals surface area contributed by atoms with Gasteiger partial charge in [0.05, 0.1) is 0 Å². The third-order valence-electron chi connectivity index (χ3n) is 4.96. The SMILES string of the molecule is CC(=O)OCc1ccc(NC(=O)[C@H](C)NC(=O)[C@@H](NC(=O)CCCCNC(=O)CCl)C(C)C)cc1. The number of rotatable bonds is 14. The van der Waals surface area contributed by atoms with E-state index in [1.165, 1.54) is 6.92 Å². The van der Waals surface area contributed by atoms with E-state index in [-0.39, 0.29) is 42.6 Å². The van der Waals surface area contributed by atoms with E-state index >= 15 is 0 Å². The summed E-state index contributed by atoms with van der Waals surface area (Å²) in [5.74, 6) is -2.10. The summed E-state index contributed by atoms with van der Waals surface area (Å²) in [4.78, 5) is 59.5. The van der Waals surface area contributed by atoms with Crippen molar-refractivity contribution in [2.75, 3.05) is 17.7 Å². The summed E-state index contributed by atoms with van der Waals surface area (Å²) in [6.45, 7) is 7.05. The lowest BCUT2D eigenvalue weighted by Gasteiger charge is -2.24. The van der Waals surface area contributed by atoms with E-state index in [9.17, 15) is 24.0 Å². The average molecular weight is 511 g/mol. The van der Waals surface area contributed by atoms with E-state index in [4.69, 9.17) is 16.3 Å². The molecule has 35 heavy (non-hydrogen) atoms. The largest absolute Gasteiger partial charge is 0.461 e. The highest BCUT2D eigenvalue weighted by atomic mass is 35.5. The van der Waals surface area contributed by atoms with Crippen molar-refractivity contribution in [3.8, 4) is 0 Å². The number of alkyl halides is 1. The van der Waals surface area contributed by atoms with Crippen molar-refractivity contribution in [1.82, 2.24) is 16.0 Å². The molecule has 0 spiro atoms. The first-order valence-corrected chi connectivity index (χ1v) is 12.0. The molecular formula is C24H35ClN4O6. The van der Waals surface area contributed by atoms with Crippen LogP contribution in [0.25, 0.3) is 0 Å². The number of amides is 4. The van der Waals surface area contributed by atoms with Crippen LogP contribution >= 0.6 is 11.6 Å². The Morgan fingerprint density at radius 2 is 1.57 bits per heavy atom. The minimum absolute atomic E-state index is 0.105. The molecule has 0 saturated carbocycles. The quantitative estimate of drug-likeness (QED) is 0.171. The maximum Gasteiger partial charge on any atom is 0.302 e. The maximum absolute atomic E-state index is 12.7. The van der Waals surface area contributed by atoms with Crippen molar-refractivity contribution in [1.29, 1.82) is 0 Å². The highest BCUT2D eigenvalue weighted by molar-refractivity contribution is 6.27. The van der Waals surface area contributed by atoms with Gasteiger partial charge in [0, 0.05) is 25.6 Å². The van der Waals surface area contributed by atoms with Crippen molar-refractivity contribution in [3.05, 3.63) is 29.8 Å². The number of anilines is 1. The topological polar surface area (TPSA) is 143 Å². The molecule has 0 heterocycles. The first kappa shape index (κ1) is 29.9. The molecule has 1 aromatic carbocycles. The lowest BCUT2D eigenvalue weighted by atomic mass is 10.0. The van der Waals surface area contributed by atoms with Gasteiger partial charge in [0.25, 0.3) is 0 Å². The third kappa shape index (κ3) is 12.2. The van der Waals surface area contributed by atoms with Crippen molar-refractivity contribution < 1.29 is 28.7 Å². The van der Waals surface area contributed by atoms with Gasteiger partial charge in [-0.25, -0.2) is 0 Å². The van der Waals surface area contributed by atoms with Crippen molar-refractivity contribution in [2.45, 2.75) is 65.6 Å². The molecule has 0 bridgehead atoms. The highest BCUT2D eigenvalue weighted by Gasteiger charge is 2.26. The number of carbonyl (C=O) groups excluding carboxylic acids is 5. The standard InChI is InChI=1S/C24H35ClN4O6/c1-15(2)22(29-20(31)7-5-6-12-26-21(32)13-25)24(34)27-16(3)23(33)28-19-10-8-18(9-11-19)14-35-17(4)30/h8-11,15-16,22H,5-7,12-14H2,1-4H3,(H,26,32)(H,27,34)(H,28,33)(H,29,31)/t16-,22-/m0/s1. The Hall–Kier alpha value is -3.14. The van der Waals surface area contributed by atoms with Gasteiger partial charge in [-0.1, -0.05) is 26.0 Å². The van der Waals surface area contributed by atoms with Crippen LogP contribution in [-0.2, 0) is 35.3 Å². The summed E-state index contributed by atoms with van der Waals surface area (Å²) in [6.07, 6.45) is 1.35. The van der Waals surface area contributed by atoms with Crippen LogP contribution in [0.1, 0.15) is 52.5 Å².